The van der Waals surface area contributed by atoms with Crippen molar-refractivity contribution in [3.63, 3.8) is 0 Å². The molecule has 1 fully saturated rings. The highest BCUT2D eigenvalue weighted by Crippen LogP contribution is 2.28. The van der Waals surface area contributed by atoms with E-state index >= 15 is 0 Å². The number of rotatable bonds is 4. The maximum atomic E-state index is 5.79. The van der Waals surface area contributed by atoms with E-state index in [1.165, 1.54) is 5.56 Å². The van der Waals surface area contributed by atoms with E-state index in [0.717, 1.165) is 44.3 Å². The van der Waals surface area contributed by atoms with Crippen molar-refractivity contribution in [2.75, 3.05) is 13.1 Å². The average Bonchev–Trinajstić information content (AvgIpc) is 2.99. The van der Waals surface area contributed by atoms with E-state index in [0.29, 0.717) is 11.8 Å². The van der Waals surface area contributed by atoms with E-state index in [4.69, 9.17) is 4.42 Å². The van der Waals surface area contributed by atoms with Crippen molar-refractivity contribution in [3.8, 4) is 0 Å². The van der Waals surface area contributed by atoms with Crippen LogP contribution in [0.2, 0.25) is 0 Å². The molecule has 3 heterocycles. The van der Waals surface area contributed by atoms with Gasteiger partial charge in [-0.15, -0.1) is 10.2 Å². The fraction of sp³-hybridized carbons (Fsp3) is 0.562. The normalized spacial score (nSPS) is 17.5. The maximum absolute atomic E-state index is 5.79. The van der Waals surface area contributed by atoms with Crippen LogP contribution in [0.25, 0.3) is 0 Å². The zero-order valence-corrected chi connectivity index (χ0v) is 12.7. The number of nitrogens with zero attached hydrogens (tertiary/aromatic N) is 4. The number of piperidine rings is 1. The molecule has 5 heteroatoms. The van der Waals surface area contributed by atoms with E-state index in [2.05, 4.69) is 40.0 Å². The highest BCUT2D eigenvalue weighted by molar-refractivity contribution is 5.08. The molecule has 0 N–H and O–H groups in total. The van der Waals surface area contributed by atoms with Crippen LogP contribution in [0.3, 0.4) is 0 Å². The quantitative estimate of drug-likeness (QED) is 0.865. The molecule has 0 unspecified atom stereocenters. The molecule has 0 radical (unpaired) electrons. The largest absolute Gasteiger partial charge is 0.425 e. The van der Waals surface area contributed by atoms with E-state index in [1.54, 1.807) is 0 Å². The number of likely N-dealkylation sites (tertiary alicyclic amines) is 1. The molecular weight excluding hydrogens is 264 g/mol. The molecule has 0 amide bonds. The summed E-state index contributed by atoms with van der Waals surface area (Å²) in [5, 5.41) is 8.36. The molecule has 1 saturated heterocycles. The van der Waals surface area contributed by atoms with Gasteiger partial charge in [0.25, 0.3) is 0 Å². The van der Waals surface area contributed by atoms with Crippen LogP contribution >= 0.6 is 0 Å². The second-order valence-corrected chi connectivity index (χ2v) is 6.04. The summed E-state index contributed by atoms with van der Waals surface area (Å²) >= 11 is 0. The van der Waals surface area contributed by atoms with Gasteiger partial charge in [-0.2, -0.15) is 0 Å². The zero-order chi connectivity index (χ0) is 14.7. The molecule has 2 aromatic rings. The fourth-order valence-electron chi connectivity index (χ4n) is 2.73. The number of hydrogen-bond acceptors (Lipinski definition) is 5. The Morgan fingerprint density at radius 1 is 1.29 bits per heavy atom. The predicted molar refractivity (Wildman–Crippen MR) is 79.9 cm³/mol. The van der Waals surface area contributed by atoms with Gasteiger partial charge in [0.2, 0.25) is 11.8 Å². The number of hydrogen-bond donors (Lipinski definition) is 0. The van der Waals surface area contributed by atoms with Crippen LogP contribution in [0, 0.1) is 0 Å². The zero-order valence-electron chi connectivity index (χ0n) is 12.7. The van der Waals surface area contributed by atoms with Crippen molar-refractivity contribution < 1.29 is 4.42 Å². The third-order valence-electron chi connectivity index (χ3n) is 4.02. The summed E-state index contributed by atoms with van der Waals surface area (Å²) in [6.07, 6.45) is 5.93. The Hall–Kier alpha value is -1.75. The first-order valence-corrected chi connectivity index (χ1v) is 7.67. The van der Waals surface area contributed by atoms with Gasteiger partial charge in [-0.1, -0.05) is 19.9 Å². The lowest BCUT2D eigenvalue weighted by Crippen LogP contribution is -2.32. The molecule has 0 aromatic carbocycles. The van der Waals surface area contributed by atoms with Crippen molar-refractivity contribution in [1.29, 1.82) is 0 Å². The van der Waals surface area contributed by atoms with Crippen LogP contribution in [0.4, 0.5) is 0 Å². The Balaban J connectivity index is 1.55. The lowest BCUT2D eigenvalue weighted by Gasteiger charge is -2.30. The third kappa shape index (κ3) is 3.47. The van der Waals surface area contributed by atoms with Gasteiger partial charge >= 0.3 is 0 Å². The highest BCUT2D eigenvalue weighted by Gasteiger charge is 2.25. The van der Waals surface area contributed by atoms with E-state index in [9.17, 15) is 0 Å². The molecule has 112 valence electrons. The number of pyridine rings is 1. The fourth-order valence-corrected chi connectivity index (χ4v) is 2.73. The van der Waals surface area contributed by atoms with Gasteiger partial charge in [0.15, 0.2) is 0 Å². The first-order valence-electron chi connectivity index (χ1n) is 7.67. The molecule has 21 heavy (non-hydrogen) atoms. The smallest absolute Gasteiger partial charge is 0.219 e. The first kappa shape index (κ1) is 14.2. The maximum Gasteiger partial charge on any atom is 0.219 e. The summed E-state index contributed by atoms with van der Waals surface area (Å²) in [6.45, 7) is 7.27. The monoisotopic (exact) mass is 286 g/mol. The van der Waals surface area contributed by atoms with Crippen LogP contribution in [0.15, 0.2) is 28.9 Å². The van der Waals surface area contributed by atoms with Gasteiger partial charge in [0.05, 0.1) is 0 Å². The van der Waals surface area contributed by atoms with Crippen LogP contribution < -0.4 is 0 Å². The van der Waals surface area contributed by atoms with Gasteiger partial charge in [-0.25, -0.2) is 0 Å². The average molecular weight is 286 g/mol. The van der Waals surface area contributed by atoms with Gasteiger partial charge in [0, 0.05) is 30.8 Å². The summed E-state index contributed by atoms with van der Waals surface area (Å²) in [4.78, 5) is 6.64. The Bertz CT molecular complexity index is 559. The SMILES string of the molecule is CC(C)c1nnc(C2CCN(Cc3cccnc3)CC2)o1. The lowest BCUT2D eigenvalue weighted by atomic mass is 9.96. The molecule has 1 aliphatic rings. The molecule has 2 aromatic heterocycles. The van der Waals surface area contributed by atoms with Crippen molar-refractivity contribution in [2.45, 2.75) is 45.1 Å². The van der Waals surface area contributed by atoms with Crippen LogP contribution in [-0.4, -0.2) is 33.2 Å². The summed E-state index contributed by atoms with van der Waals surface area (Å²) in [5.74, 6) is 2.29. The van der Waals surface area contributed by atoms with Crippen molar-refractivity contribution in [2.24, 2.45) is 0 Å². The third-order valence-corrected chi connectivity index (χ3v) is 4.02. The summed E-state index contributed by atoms with van der Waals surface area (Å²) < 4.78 is 5.79. The summed E-state index contributed by atoms with van der Waals surface area (Å²) in [6, 6.07) is 4.12. The summed E-state index contributed by atoms with van der Waals surface area (Å²) in [7, 11) is 0. The molecule has 0 atom stereocenters. The number of aromatic nitrogens is 3. The highest BCUT2D eigenvalue weighted by atomic mass is 16.4. The minimum Gasteiger partial charge on any atom is -0.425 e. The van der Waals surface area contributed by atoms with Gasteiger partial charge in [0.1, 0.15) is 0 Å². The predicted octanol–water partition coefficient (Wildman–Crippen LogP) is 2.97. The Morgan fingerprint density at radius 3 is 2.71 bits per heavy atom. The van der Waals surface area contributed by atoms with Crippen LogP contribution in [0.1, 0.15) is 55.9 Å². The molecule has 0 bridgehead atoms. The molecule has 0 spiro atoms. The Kier molecular flexibility index (Phi) is 4.29. The minimum atomic E-state index is 0.303. The van der Waals surface area contributed by atoms with E-state index in [-0.39, 0.29) is 0 Å². The molecule has 3 rings (SSSR count). The molecule has 5 nitrogen and oxygen atoms in total. The lowest BCUT2D eigenvalue weighted by molar-refractivity contribution is 0.191. The molecule has 1 aliphatic heterocycles. The van der Waals surface area contributed by atoms with E-state index in [1.807, 2.05) is 18.5 Å². The molecular formula is C16H22N4O. The topological polar surface area (TPSA) is 55.1 Å². The standard InChI is InChI=1S/C16H22N4O/c1-12(2)15-18-19-16(21-15)14-5-8-20(9-6-14)11-13-4-3-7-17-10-13/h3-4,7,10,12,14H,5-6,8-9,11H2,1-2H3. The summed E-state index contributed by atoms with van der Waals surface area (Å²) in [5.41, 5.74) is 1.27. The van der Waals surface area contributed by atoms with Crippen LogP contribution in [-0.2, 0) is 6.54 Å². The second-order valence-electron chi connectivity index (χ2n) is 6.04. The van der Waals surface area contributed by atoms with Crippen molar-refractivity contribution >= 4 is 0 Å². The Morgan fingerprint density at radius 2 is 2.10 bits per heavy atom. The van der Waals surface area contributed by atoms with Crippen LogP contribution in [0.5, 0.6) is 0 Å². The van der Waals surface area contributed by atoms with Gasteiger partial charge in [-0.05, 0) is 37.6 Å². The molecule has 0 saturated carbocycles. The first-order chi connectivity index (χ1) is 10.2. The minimum absolute atomic E-state index is 0.303. The molecule has 0 aliphatic carbocycles. The Labute approximate surface area is 125 Å². The van der Waals surface area contributed by atoms with Crippen molar-refractivity contribution in [1.82, 2.24) is 20.1 Å². The second kappa shape index (κ2) is 6.35. The van der Waals surface area contributed by atoms with E-state index < -0.39 is 0 Å². The van der Waals surface area contributed by atoms with Crippen molar-refractivity contribution in [3.05, 3.63) is 41.9 Å². The van der Waals surface area contributed by atoms with Gasteiger partial charge in [-0.3, -0.25) is 9.88 Å². The van der Waals surface area contributed by atoms with Gasteiger partial charge < -0.3 is 4.42 Å².